The molecule has 9 heteroatoms. The fraction of sp³-hybridized carbons (Fsp3) is 0.300. The van der Waals surface area contributed by atoms with Crippen molar-refractivity contribution in [3.05, 3.63) is 54.6 Å². The van der Waals surface area contributed by atoms with E-state index in [1.54, 1.807) is 23.3 Å². The lowest BCUT2D eigenvalue weighted by molar-refractivity contribution is 0.273. The first-order valence-electron chi connectivity index (χ1n) is 9.25. The number of hydrogen-bond donors (Lipinski definition) is 1. The Morgan fingerprint density at radius 1 is 1.03 bits per heavy atom. The van der Waals surface area contributed by atoms with Gasteiger partial charge in [0.25, 0.3) is 0 Å². The first kappa shape index (κ1) is 18.7. The third-order valence-corrected chi connectivity index (χ3v) is 5.32. The number of nitrogen functional groups attached to an aromatic ring is 1. The van der Waals surface area contributed by atoms with Gasteiger partial charge in [-0.25, -0.2) is 9.97 Å². The molecule has 4 heterocycles. The number of nitrogens with two attached hydrogens (primary N) is 1. The van der Waals surface area contributed by atoms with E-state index in [0.717, 1.165) is 22.4 Å². The second kappa shape index (κ2) is 7.08. The van der Waals surface area contributed by atoms with Crippen LogP contribution < -0.4 is 5.73 Å². The van der Waals surface area contributed by atoms with Gasteiger partial charge in [-0.05, 0) is 24.5 Å². The van der Waals surface area contributed by atoms with E-state index in [0.29, 0.717) is 11.7 Å². The number of nitrogens with zero attached hydrogens (tertiary/aromatic N) is 7. The molecule has 4 aromatic rings. The molecule has 0 fully saturated rings. The minimum absolute atomic E-state index is 0.192. The van der Waals surface area contributed by atoms with E-state index in [-0.39, 0.29) is 11.9 Å². The molecule has 1 unspecified atom stereocenters. The third-order valence-electron chi connectivity index (χ3n) is 5.32. The van der Waals surface area contributed by atoms with Crippen LogP contribution in [0.3, 0.4) is 0 Å². The SMILES string of the molecule is CC(C)C(C)(c1ccc(-c2cnc(N)nc2)nc1)c1nc(-c2cnn(C)c2)no1. The molecule has 0 saturated heterocycles. The molecule has 9 nitrogen and oxygen atoms in total. The Bertz CT molecular complexity index is 1110. The van der Waals surface area contributed by atoms with Crippen LogP contribution in [0.5, 0.6) is 0 Å². The lowest BCUT2D eigenvalue weighted by Crippen LogP contribution is -2.30. The molecule has 0 amide bonds. The van der Waals surface area contributed by atoms with Crippen molar-refractivity contribution in [2.24, 2.45) is 13.0 Å². The molecule has 0 saturated carbocycles. The number of rotatable bonds is 5. The van der Waals surface area contributed by atoms with Gasteiger partial charge in [0, 0.05) is 37.4 Å². The summed E-state index contributed by atoms with van der Waals surface area (Å²) in [5.41, 5.74) is 8.41. The first-order valence-corrected chi connectivity index (χ1v) is 9.25. The Balaban J connectivity index is 1.70. The van der Waals surface area contributed by atoms with Gasteiger partial charge in [-0.2, -0.15) is 10.1 Å². The second-order valence-electron chi connectivity index (χ2n) is 7.44. The van der Waals surface area contributed by atoms with Crippen molar-refractivity contribution in [2.45, 2.75) is 26.2 Å². The van der Waals surface area contributed by atoms with Crippen molar-refractivity contribution in [3.63, 3.8) is 0 Å². The summed E-state index contributed by atoms with van der Waals surface area (Å²) >= 11 is 0. The van der Waals surface area contributed by atoms with E-state index in [1.807, 2.05) is 31.6 Å². The molecule has 148 valence electrons. The Kier molecular flexibility index (Phi) is 4.57. The Hall–Kier alpha value is -3.62. The van der Waals surface area contributed by atoms with Crippen LogP contribution in [0, 0.1) is 5.92 Å². The molecular formula is C20H22N8O. The molecule has 0 aliphatic carbocycles. The monoisotopic (exact) mass is 390 g/mol. The fourth-order valence-corrected chi connectivity index (χ4v) is 3.13. The summed E-state index contributed by atoms with van der Waals surface area (Å²) in [6.45, 7) is 6.33. The van der Waals surface area contributed by atoms with Crippen LogP contribution in [-0.2, 0) is 12.5 Å². The molecule has 0 aliphatic rings. The maximum absolute atomic E-state index is 5.68. The van der Waals surface area contributed by atoms with Crippen LogP contribution in [0.15, 0.2) is 47.6 Å². The predicted octanol–water partition coefficient (Wildman–Crippen LogP) is 2.87. The van der Waals surface area contributed by atoms with Crippen LogP contribution in [0.25, 0.3) is 22.6 Å². The molecule has 0 bridgehead atoms. The topological polar surface area (TPSA) is 121 Å². The van der Waals surface area contributed by atoms with Crippen molar-refractivity contribution in [1.29, 1.82) is 0 Å². The zero-order valence-electron chi connectivity index (χ0n) is 16.7. The highest BCUT2D eigenvalue weighted by Gasteiger charge is 2.39. The minimum atomic E-state index is -0.503. The maximum Gasteiger partial charge on any atom is 0.237 e. The number of anilines is 1. The van der Waals surface area contributed by atoms with Crippen molar-refractivity contribution in [1.82, 2.24) is 34.9 Å². The number of aryl methyl sites for hydroxylation is 1. The van der Waals surface area contributed by atoms with Crippen LogP contribution in [0.4, 0.5) is 5.95 Å². The number of hydrogen-bond acceptors (Lipinski definition) is 8. The van der Waals surface area contributed by atoms with Crippen molar-refractivity contribution in [2.75, 3.05) is 5.73 Å². The van der Waals surface area contributed by atoms with E-state index in [2.05, 4.69) is 51.0 Å². The maximum atomic E-state index is 5.68. The lowest BCUT2D eigenvalue weighted by atomic mass is 9.73. The summed E-state index contributed by atoms with van der Waals surface area (Å²) < 4.78 is 7.38. The average Bonchev–Trinajstić information content (AvgIpc) is 3.37. The molecule has 0 spiro atoms. The quantitative estimate of drug-likeness (QED) is 0.552. The Morgan fingerprint density at radius 2 is 1.79 bits per heavy atom. The Labute approximate surface area is 168 Å². The molecule has 0 aromatic carbocycles. The molecule has 29 heavy (non-hydrogen) atoms. The van der Waals surface area contributed by atoms with Gasteiger partial charge < -0.3 is 10.3 Å². The minimum Gasteiger partial charge on any atom is -0.368 e. The molecular weight excluding hydrogens is 368 g/mol. The summed E-state index contributed by atoms with van der Waals surface area (Å²) in [5, 5.41) is 8.33. The van der Waals surface area contributed by atoms with Crippen LogP contribution in [-0.4, -0.2) is 34.9 Å². The zero-order chi connectivity index (χ0) is 20.6. The molecule has 4 aromatic heterocycles. The summed E-state index contributed by atoms with van der Waals surface area (Å²) in [6, 6.07) is 3.95. The van der Waals surface area contributed by atoms with Gasteiger partial charge in [-0.15, -0.1) is 0 Å². The number of aromatic nitrogens is 7. The first-order chi connectivity index (χ1) is 13.9. The molecule has 1 atom stereocenters. The van der Waals surface area contributed by atoms with Crippen LogP contribution >= 0.6 is 0 Å². The summed E-state index contributed by atoms with van der Waals surface area (Å²) in [4.78, 5) is 17.3. The summed E-state index contributed by atoms with van der Waals surface area (Å²) in [6.07, 6.45) is 8.72. The molecule has 4 rings (SSSR count). The highest BCUT2D eigenvalue weighted by atomic mass is 16.5. The Morgan fingerprint density at radius 3 is 2.38 bits per heavy atom. The smallest absolute Gasteiger partial charge is 0.237 e. The van der Waals surface area contributed by atoms with Crippen molar-refractivity contribution >= 4 is 5.95 Å². The third kappa shape index (κ3) is 3.35. The average molecular weight is 390 g/mol. The molecule has 0 radical (unpaired) electrons. The highest BCUT2D eigenvalue weighted by Crippen LogP contribution is 2.38. The molecule has 2 N–H and O–H groups in total. The van der Waals surface area contributed by atoms with Crippen LogP contribution in [0.2, 0.25) is 0 Å². The van der Waals surface area contributed by atoms with Crippen molar-refractivity contribution in [3.8, 4) is 22.6 Å². The van der Waals surface area contributed by atoms with Gasteiger partial charge in [0.1, 0.15) is 0 Å². The van der Waals surface area contributed by atoms with E-state index in [1.165, 1.54) is 0 Å². The lowest BCUT2D eigenvalue weighted by Gasteiger charge is -2.30. The van der Waals surface area contributed by atoms with E-state index in [9.17, 15) is 0 Å². The summed E-state index contributed by atoms with van der Waals surface area (Å²) in [5.74, 6) is 1.48. The largest absolute Gasteiger partial charge is 0.368 e. The van der Waals surface area contributed by atoms with Crippen LogP contribution in [0.1, 0.15) is 32.2 Å². The predicted molar refractivity (Wildman–Crippen MR) is 107 cm³/mol. The number of pyridine rings is 1. The van der Waals surface area contributed by atoms with E-state index < -0.39 is 5.41 Å². The molecule has 0 aliphatic heterocycles. The van der Waals surface area contributed by atoms with E-state index in [4.69, 9.17) is 10.3 Å². The zero-order valence-corrected chi connectivity index (χ0v) is 16.7. The van der Waals surface area contributed by atoms with Gasteiger partial charge in [-0.1, -0.05) is 25.1 Å². The summed E-state index contributed by atoms with van der Waals surface area (Å²) in [7, 11) is 1.85. The van der Waals surface area contributed by atoms with Gasteiger partial charge >= 0.3 is 0 Å². The van der Waals surface area contributed by atoms with Gasteiger partial charge in [-0.3, -0.25) is 9.67 Å². The van der Waals surface area contributed by atoms with Crippen molar-refractivity contribution < 1.29 is 4.52 Å². The fourth-order valence-electron chi connectivity index (χ4n) is 3.13. The second-order valence-corrected chi connectivity index (χ2v) is 7.44. The highest BCUT2D eigenvalue weighted by molar-refractivity contribution is 5.58. The van der Waals surface area contributed by atoms with Gasteiger partial charge in [0.15, 0.2) is 0 Å². The van der Waals surface area contributed by atoms with Gasteiger partial charge in [0.2, 0.25) is 17.7 Å². The normalized spacial score (nSPS) is 13.6. The van der Waals surface area contributed by atoms with Gasteiger partial charge in [0.05, 0.1) is 22.9 Å². The van der Waals surface area contributed by atoms with E-state index >= 15 is 0 Å². The standard InChI is InChI=1S/C20H22N8O/c1-12(2)20(3,18-26-17(27-29-18)14-9-25-28(4)11-14)15-5-6-16(22-10-15)13-7-23-19(21)24-8-13/h5-12H,1-4H3,(H2,21,23,24).